The van der Waals surface area contributed by atoms with Gasteiger partial charge in [-0.3, -0.25) is 4.52 Å². The van der Waals surface area contributed by atoms with Crippen LogP contribution in [0.5, 0.6) is 0 Å². The van der Waals surface area contributed by atoms with E-state index in [4.69, 9.17) is 14.3 Å². The molecule has 1 aliphatic heterocycles. The Morgan fingerprint density at radius 1 is 0.708 bits per heavy atom. The largest absolute Gasteiger partial charge is 0.492 e. The normalized spacial score (nSPS) is 33.6. The van der Waals surface area contributed by atoms with Crippen molar-refractivity contribution in [2.24, 2.45) is 0 Å². The van der Waals surface area contributed by atoms with Gasteiger partial charge in [0.05, 0.1) is 6.61 Å². The fraction of sp³-hybridized carbons (Fsp3) is 1.00. The molecular formula is C12H27O9P3. The summed E-state index contributed by atoms with van der Waals surface area (Å²) in [6.45, 7) is 2.11. The first-order valence-corrected chi connectivity index (χ1v) is 12.7. The van der Waals surface area contributed by atoms with Gasteiger partial charge in [0.25, 0.3) is 0 Å². The van der Waals surface area contributed by atoms with Crippen LogP contribution < -0.4 is 0 Å². The minimum atomic E-state index is -4.94. The van der Waals surface area contributed by atoms with Gasteiger partial charge in [-0.1, -0.05) is 64.7 Å². The Hall–Kier alpha value is 0.450. The van der Waals surface area contributed by atoms with Gasteiger partial charge in [-0.2, -0.15) is 12.9 Å². The number of hydrogen-bond donors (Lipinski definition) is 2. The van der Waals surface area contributed by atoms with E-state index in [0.29, 0.717) is 6.42 Å². The summed E-state index contributed by atoms with van der Waals surface area (Å²) in [6.07, 6.45) is 10.9. The summed E-state index contributed by atoms with van der Waals surface area (Å²) in [6, 6.07) is 0. The Morgan fingerprint density at radius 3 is 1.58 bits per heavy atom. The number of rotatable bonds is 12. The van der Waals surface area contributed by atoms with Gasteiger partial charge < -0.3 is 9.79 Å². The van der Waals surface area contributed by atoms with Crippen LogP contribution >= 0.6 is 23.5 Å². The van der Waals surface area contributed by atoms with E-state index in [-0.39, 0.29) is 6.61 Å². The molecule has 0 aromatic rings. The van der Waals surface area contributed by atoms with Gasteiger partial charge >= 0.3 is 23.5 Å². The van der Waals surface area contributed by atoms with Gasteiger partial charge in [-0.15, -0.1) is 0 Å². The van der Waals surface area contributed by atoms with Crippen LogP contribution in [-0.2, 0) is 31.2 Å². The Labute approximate surface area is 142 Å². The van der Waals surface area contributed by atoms with Gasteiger partial charge in [0.1, 0.15) is 0 Å². The maximum atomic E-state index is 11.9. The third-order valence-corrected chi connectivity index (χ3v) is 8.76. The highest BCUT2D eigenvalue weighted by atomic mass is 31.3. The topological polar surface area (TPSA) is 129 Å². The fourth-order valence-corrected chi connectivity index (χ4v) is 7.20. The van der Waals surface area contributed by atoms with E-state index in [2.05, 4.69) is 19.9 Å². The summed E-state index contributed by atoms with van der Waals surface area (Å²) in [5.74, 6) is 0. The van der Waals surface area contributed by atoms with E-state index >= 15 is 0 Å². The van der Waals surface area contributed by atoms with Crippen molar-refractivity contribution in [3.05, 3.63) is 0 Å². The minimum absolute atomic E-state index is 0.0756. The SMILES string of the molecule is CCCCCCCCCCCCOP1(=O)OP(=O)(O)OP(=O)(O)O1. The van der Waals surface area contributed by atoms with E-state index < -0.39 is 23.5 Å². The highest BCUT2D eigenvalue weighted by Gasteiger charge is 2.54. The standard InChI is InChI=1S/C12H27O9P3/c1-2-3-4-5-6-7-8-9-10-11-12-18-24(17)20-22(13,14)19-23(15,16)21-24/h2-12H2,1H3,(H,13,14)(H,15,16). The van der Waals surface area contributed by atoms with E-state index in [1.807, 2.05) is 0 Å². The zero-order valence-corrected chi connectivity index (χ0v) is 16.6. The molecule has 0 aromatic carbocycles. The van der Waals surface area contributed by atoms with Crippen LogP contribution in [0.2, 0.25) is 0 Å². The van der Waals surface area contributed by atoms with Gasteiger partial charge in [-0.25, -0.2) is 13.7 Å². The van der Waals surface area contributed by atoms with Crippen molar-refractivity contribution in [3.8, 4) is 0 Å². The van der Waals surface area contributed by atoms with Crippen molar-refractivity contribution in [1.82, 2.24) is 0 Å². The van der Waals surface area contributed by atoms with Crippen molar-refractivity contribution in [2.45, 2.75) is 71.1 Å². The Kier molecular flexibility index (Phi) is 9.90. The first kappa shape index (κ1) is 22.5. The van der Waals surface area contributed by atoms with Crippen molar-refractivity contribution in [3.63, 3.8) is 0 Å². The van der Waals surface area contributed by atoms with E-state index in [0.717, 1.165) is 19.3 Å². The molecule has 24 heavy (non-hydrogen) atoms. The lowest BCUT2D eigenvalue weighted by Crippen LogP contribution is -2.06. The van der Waals surface area contributed by atoms with Gasteiger partial charge in [0.15, 0.2) is 0 Å². The third kappa shape index (κ3) is 9.81. The molecule has 9 nitrogen and oxygen atoms in total. The molecule has 2 N–H and O–H groups in total. The Balaban J connectivity index is 2.11. The first-order chi connectivity index (χ1) is 11.2. The minimum Gasteiger partial charge on any atom is -0.302 e. The van der Waals surface area contributed by atoms with Crippen LogP contribution in [0.3, 0.4) is 0 Å². The summed E-state index contributed by atoms with van der Waals surface area (Å²) in [4.78, 5) is 18.1. The summed E-state index contributed by atoms with van der Waals surface area (Å²) in [5, 5.41) is 0. The maximum Gasteiger partial charge on any atom is 0.492 e. The van der Waals surface area contributed by atoms with Crippen molar-refractivity contribution in [1.29, 1.82) is 0 Å². The monoisotopic (exact) mass is 408 g/mol. The molecule has 0 aromatic heterocycles. The number of phosphoric acid groups is 3. The molecule has 1 saturated heterocycles. The predicted molar refractivity (Wildman–Crippen MR) is 88.3 cm³/mol. The lowest BCUT2D eigenvalue weighted by molar-refractivity contribution is 0.135. The number of unbranched alkanes of at least 4 members (excludes halogenated alkanes) is 9. The van der Waals surface area contributed by atoms with Crippen molar-refractivity contribution < 1.29 is 40.9 Å². The fourth-order valence-electron chi connectivity index (χ4n) is 2.24. The predicted octanol–water partition coefficient (Wildman–Crippen LogP) is 5.30. The van der Waals surface area contributed by atoms with Crippen LogP contribution in [0.15, 0.2) is 0 Å². The molecule has 2 unspecified atom stereocenters. The molecule has 0 radical (unpaired) electrons. The van der Waals surface area contributed by atoms with Crippen LogP contribution in [0.4, 0.5) is 0 Å². The molecule has 1 rings (SSSR count). The van der Waals surface area contributed by atoms with E-state index in [9.17, 15) is 13.7 Å². The summed E-state index contributed by atoms with van der Waals surface area (Å²) >= 11 is 0. The summed E-state index contributed by atoms with van der Waals surface area (Å²) < 4.78 is 51.2. The smallest absolute Gasteiger partial charge is 0.302 e. The molecule has 1 fully saturated rings. The zero-order valence-electron chi connectivity index (χ0n) is 13.9. The first-order valence-electron chi connectivity index (χ1n) is 8.22. The molecule has 144 valence electrons. The molecule has 0 saturated carbocycles. The van der Waals surface area contributed by atoms with Crippen molar-refractivity contribution >= 4 is 23.5 Å². The average molecular weight is 408 g/mol. The van der Waals surface area contributed by atoms with Gasteiger partial charge in [0, 0.05) is 0 Å². The third-order valence-electron chi connectivity index (χ3n) is 3.36. The Bertz CT molecular complexity index is 482. The van der Waals surface area contributed by atoms with E-state index in [1.165, 1.54) is 38.5 Å². The average Bonchev–Trinajstić information content (AvgIpc) is 2.40. The second-order valence-corrected chi connectivity index (χ2v) is 10.6. The van der Waals surface area contributed by atoms with E-state index in [1.54, 1.807) is 0 Å². The summed E-state index contributed by atoms with van der Waals surface area (Å²) in [5.41, 5.74) is 0. The second-order valence-electron chi connectivity index (χ2n) is 5.64. The highest BCUT2D eigenvalue weighted by molar-refractivity contribution is 7.74. The van der Waals surface area contributed by atoms with Gasteiger partial charge in [-0.05, 0) is 6.42 Å². The lowest BCUT2D eigenvalue weighted by Gasteiger charge is -2.26. The van der Waals surface area contributed by atoms with Crippen LogP contribution in [0, 0.1) is 0 Å². The van der Waals surface area contributed by atoms with Crippen LogP contribution in [0.25, 0.3) is 0 Å². The molecule has 12 heteroatoms. The molecule has 2 atom stereocenters. The highest BCUT2D eigenvalue weighted by Crippen LogP contribution is 2.79. The molecule has 1 heterocycles. The molecule has 0 spiro atoms. The Morgan fingerprint density at radius 2 is 1.12 bits per heavy atom. The molecule has 1 aliphatic rings. The second kappa shape index (κ2) is 10.6. The molecular weight excluding hydrogens is 381 g/mol. The lowest BCUT2D eigenvalue weighted by atomic mass is 10.1. The van der Waals surface area contributed by atoms with Gasteiger partial charge in [0.2, 0.25) is 0 Å². The number of hydrogen-bond acceptors (Lipinski definition) is 7. The maximum absolute atomic E-state index is 11.9. The quantitative estimate of drug-likeness (QED) is 0.326. The van der Waals surface area contributed by atoms with Crippen molar-refractivity contribution in [2.75, 3.05) is 6.61 Å². The van der Waals surface area contributed by atoms with Crippen LogP contribution in [-0.4, -0.2) is 16.4 Å². The molecule has 0 amide bonds. The zero-order chi connectivity index (χ0) is 18.1. The summed E-state index contributed by atoms with van der Waals surface area (Å²) in [7, 11) is -14.5. The molecule has 0 bridgehead atoms. The molecule has 0 aliphatic carbocycles. The van der Waals surface area contributed by atoms with Crippen LogP contribution in [0.1, 0.15) is 71.1 Å².